The standard InChI is InChI=1S/C10H13N3O3/c1-15-9-4-3-7(5-10(9)16-2)8(14)6-12-13-11/h3-5,8,14H,6H2,1-2H3/t8-/m0/s1. The Morgan fingerprint density at radius 2 is 2.06 bits per heavy atom. The van der Waals surface area contributed by atoms with Gasteiger partial charge >= 0.3 is 0 Å². The molecule has 1 atom stereocenters. The van der Waals surface area contributed by atoms with Crippen LogP contribution in [0.2, 0.25) is 0 Å². The van der Waals surface area contributed by atoms with Crippen molar-refractivity contribution >= 4 is 0 Å². The average Bonchev–Trinajstić information content (AvgIpc) is 2.34. The van der Waals surface area contributed by atoms with E-state index in [0.717, 1.165) is 0 Å². The molecule has 86 valence electrons. The monoisotopic (exact) mass is 223 g/mol. The molecular formula is C10H13N3O3. The molecule has 0 aliphatic heterocycles. The number of aliphatic hydroxyl groups is 1. The molecule has 0 aliphatic carbocycles. The molecule has 0 bridgehead atoms. The number of nitrogens with zero attached hydrogens (tertiary/aromatic N) is 3. The van der Waals surface area contributed by atoms with E-state index in [1.165, 1.54) is 14.2 Å². The van der Waals surface area contributed by atoms with Crippen LogP contribution in [0.5, 0.6) is 11.5 Å². The van der Waals surface area contributed by atoms with Crippen LogP contribution in [0.3, 0.4) is 0 Å². The predicted molar refractivity (Wildman–Crippen MR) is 58.5 cm³/mol. The summed E-state index contributed by atoms with van der Waals surface area (Å²) in [4.78, 5) is 2.59. The van der Waals surface area contributed by atoms with Crippen molar-refractivity contribution in [1.29, 1.82) is 0 Å². The number of methoxy groups -OCH3 is 2. The molecule has 1 N–H and O–H groups in total. The van der Waals surface area contributed by atoms with E-state index in [1.807, 2.05) is 0 Å². The van der Waals surface area contributed by atoms with E-state index in [0.29, 0.717) is 17.1 Å². The Morgan fingerprint density at radius 1 is 1.38 bits per heavy atom. The van der Waals surface area contributed by atoms with Gasteiger partial charge in [-0.3, -0.25) is 0 Å². The summed E-state index contributed by atoms with van der Waals surface area (Å²) in [5.74, 6) is 1.11. The van der Waals surface area contributed by atoms with E-state index < -0.39 is 6.10 Å². The third-order valence-electron chi connectivity index (χ3n) is 2.11. The quantitative estimate of drug-likeness (QED) is 0.470. The first-order chi connectivity index (χ1) is 7.72. The largest absolute Gasteiger partial charge is 0.493 e. The van der Waals surface area contributed by atoms with Crippen LogP contribution in [0.15, 0.2) is 23.3 Å². The molecule has 1 aromatic carbocycles. The first-order valence-electron chi connectivity index (χ1n) is 4.63. The van der Waals surface area contributed by atoms with Gasteiger partial charge in [0.15, 0.2) is 11.5 Å². The van der Waals surface area contributed by atoms with Crippen LogP contribution in [-0.4, -0.2) is 25.9 Å². The Balaban J connectivity index is 2.93. The van der Waals surface area contributed by atoms with E-state index in [2.05, 4.69) is 10.0 Å². The van der Waals surface area contributed by atoms with Crippen molar-refractivity contribution in [3.63, 3.8) is 0 Å². The summed E-state index contributed by atoms with van der Waals surface area (Å²) in [6, 6.07) is 5.03. The zero-order valence-electron chi connectivity index (χ0n) is 9.12. The van der Waals surface area contributed by atoms with Crippen LogP contribution in [0.4, 0.5) is 0 Å². The summed E-state index contributed by atoms with van der Waals surface area (Å²) in [5.41, 5.74) is 8.76. The molecule has 0 aromatic heterocycles. The molecule has 6 heteroatoms. The van der Waals surface area contributed by atoms with Gasteiger partial charge < -0.3 is 14.6 Å². The minimum Gasteiger partial charge on any atom is -0.493 e. The second-order valence-electron chi connectivity index (χ2n) is 3.04. The van der Waals surface area contributed by atoms with Gasteiger partial charge in [-0.25, -0.2) is 0 Å². The van der Waals surface area contributed by atoms with Gasteiger partial charge in [0.2, 0.25) is 0 Å². The second-order valence-corrected chi connectivity index (χ2v) is 3.04. The van der Waals surface area contributed by atoms with Crippen LogP contribution in [-0.2, 0) is 0 Å². The maximum atomic E-state index is 9.67. The molecule has 0 saturated heterocycles. The third kappa shape index (κ3) is 2.79. The van der Waals surface area contributed by atoms with Gasteiger partial charge in [0.25, 0.3) is 0 Å². The number of rotatable bonds is 5. The van der Waals surface area contributed by atoms with Crippen LogP contribution in [0, 0.1) is 0 Å². The fraction of sp³-hybridized carbons (Fsp3) is 0.400. The number of hydrogen-bond acceptors (Lipinski definition) is 4. The SMILES string of the molecule is COc1ccc([C@@H](O)CN=[N+]=[N-])cc1OC. The molecular weight excluding hydrogens is 210 g/mol. The van der Waals surface area contributed by atoms with E-state index in [-0.39, 0.29) is 6.54 Å². The van der Waals surface area contributed by atoms with Crippen molar-refractivity contribution < 1.29 is 14.6 Å². The molecule has 0 saturated carbocycles. The first-order valence-corrected chi connectivity index (χ1v) is 4.63. The minimum atomic E-state index is -0.837. The van der Waals surface area contributed by atoms with Crippen molar-refractivity contribution in [2.75, 3.05) is 20.8 Å². The Labute approximate surface area is 93.0 Å². The number of ether oxygens (including phenoxy) is 2. The molecule has 16 heavy (non-hydrogen) atoms. The van der Waals surface area contributed by atoms with Gasteiger partial charge in [-0.2, -0.15) is 0 Å². The summed E-state index contributed by atoms with van der Waals surface area (Å²) in [5, 5.41) is 13.0. The Kier molecular flexibility index (Phi) is 4.44. The highest BCUT2D eigenvalue weighted by atomic mass is 16.5. The van der Waals surface area contributed by atoms with Crippen molar-refractivity contribution in [3.05, 3.63) is 34.2 Å². The van der Waals surface area contributed by atoms with Crippen LogP contribution >= 0.6 is 0 Å². The summed E-state index contributed by atoms with van der Waals surface area (Å²) in [6.07, 6.45) is -0.837. The number of azide groups is 1. The Morgan fingerprint density at radius 3 is 2.62 bits per heavy atom. The van der Waals surface area contributed by atoms with Crippen LogP contribution < -0.4 is 9.47 Å². The van der Waals surface area contributed by atoms with Crippen molar-refractivity contribution in [3.8, 4) is 11.5 Å². The highest BCUT2D eigenvalue weighted by molar-refractivity contribution is 5.43. The predicted octanol–water partition coefficient (Wildman–Crippen LogP) is 2.05. The van der Waals surface area contributed by atoms with Gasteiger partial charge in [-0.15, -0.1) is 0 Å². The fourth-order valence-corrected chi connectivity index (χ4v) is 1.28. The molecule has 0 heterocycles. The van der Waals surface area contributed by atoms with Gasteiger partial charge in [0.1, 0.15) is 0 Å². The highest BCUT2D eigenvalue weighted by Gasteiger charge is 2.10. The molecule has 1 rings (SSSR count). The van der Waals surface area contributed by atoms with Crippen LogP contribution in [0.1, 0.15) is 11.7 Å². The highest BCUT2D eigenvalue weighted by Crippen LogP contribution is 2.29. The lowest BCUT2D eigenvalue weighted by molar-refractivity contribution is 0.186. The van der Waals surface area contributed by atoms with E-state index in [4.69, 9.17) is 15.0 Å². The summed E-state index contributed by atoms with van der Waals surface area (Å²) < 4.78 is 10.2. The van der Waals surface area contributed by atoms with Gasteiger partial charge in [-0.1, -0.05) is 11.2 Å². The van der Waals surface area contributed by atoms with Gasteiger partial charge in [0.05, 0.1) is 26.9 Å². The van der Waals surface area contributed by atoms with Gasteiger partial charge in [0, 0.05) is 4.91 Å². The van der Waals surface area contributed by atoms with Gasteiger partial charge in [-0.05, 0) is 23.2 Å². The Bertz CT molecular complexity index is 402. The first kappa shape index (κ1) is 12.2. The lowest BCUT2D eigenvalue weighted by Gasteiger charge is -2.12. The Hall–Kier alpha value is -1.91. The van der Waals surface area contributed by atoms with E-state index in [9.17, 15) is 5.11 Å². The molecule has 0 fully saturated rings. The van der Waals surface area contributed by atoms with Crippen molar-refractivity contribution in [2.24, 2.45) is 5.11 Å². The third-order valence-corrected chi connectivity index (χ3v) is 2.11. The second kappa shape index (κ2) is 5.85. The summed E-state index contributed by atoms with van der Waals surface area (Å²) in [6.45, 7) is -0.00795. The molecule has 0 radical (unpaired) electrons. The topological polar surface area (TPSA) is 87.5 Å². The van der Waals surface area contributed by atoms with Crippen molar-refractivity contribution in [1.82, 2.24) is 0 Å². The zero-order chi connectivity index (χ0) is 12.0. The maximum absolute atomic E-state index is 9.67. The number of aliphatic hydroxyl groups excluding tert-OH is 1. The summed E-state index contributed by atoms with van der Waals surface area (Å²) in [7, 11) is 3.05. The average molecular weight is 223 g/mol. The molecule has 6 nitrogen and oxygen atoms in total. The fourth-order valence-electron chi connectivity index (χ4n) is 1.28. The normalized spacial score (nSPS) is 11.4. The lowest BCUT2D eigenvalue weighted by atomic mass is 10.1. The lowest BCUT2D eigenvalue weighted by Crippen LogP contribution is -2.01. The summed E-state index contributed by atoms with van der Waals surface area (Å²) >= 11 is 0. The number of hydrogen-bond donors (Lipinski definition) is 1. The van der Waals surface area contributed by atoms with Crippen molar-refractivity contribution in [2.45, 2.75) is 6.10 Å². The van der Waals surface area contributed by atoms with E-state index >= 15 is 0 Å². The maximum Gasteiger partial charge on any atom is 0.161 e. The van der Waals surface area contributed by atoms with Crippen LogP contribution in [0.25, 0.3) is 10.4 Å². The zero-order valence-corrected chi connectivity index (χ0v) is 9.12. The molecule has 1 aromatic rings. The molecule has 0 spiro atoms. The minimum absolute atomic E-state index is 0.00795. The smallest absolute Gasteiger partial charge is 0.161 e. The molecule has 0 aliphatic rings. The number of benzene rings is 1. The molecule has 0 amide bonds. The molecule has 0 unspecified atom stereocenters. The van der Waals surface area contributed by atoms with E-state index in [1.54, 1.807) is 18.2 Å².